The normalized spacial score (nSPS) is 21.3. The van der Waals surface area contributed by atoms with Crippen molar-refractivity contribution in [3.05, 3.63) is 21.9 Å². The van der Waals surface area contributed by atoms with Crippen LogP contribution in [0.2, 0.25) is 0 Å². The van der Waals surface area contributed by atoms with Gasteiger partial charge in [-0.25, -0.2) is 0 Å². The Hall–Kier alpha value is -0.380. The lowest BCUT2D eigenvalue weighted by Gasteiger charge is -2.18. The largest absolute Gasteiger partial charge is 0.378 e. The van der Waals surface area contributed by atoms with E-state index in [1.165, 1.54) is 35.4 Å². The first-order chi connectivity index (χ1) is 8.83. The quantitative estimate of drug-likeness (QED) is 0.808. The molecule has 1 aromatic rings. The summed E-state index contributed by atoms with van der Waals surface area (Å²) in [5.41, 5.74) is 0. The second-order valence-electron chi connectivity index (χ2n) is 4.98. The van der Waals surface area contributed by atoms with E-state index in [4.69, 9.17) is 4.74 Å². The van der Waals surface area contributed by atoms with Gasteiger partial charge in [-0.05, 0) is 50.8 Å². The maximum Gasteiger partial charge on any atom is 0.0576 e. The van der Waals surface area contributed by atoms with Crippen molar-refractivity contribution in [3.8, 4) is 0 Å². The van der Waals surface area contributed by atoms with Gasteiger partial charge in [0.2, 0.25) is 0 Å². The van der Waals surface area contributed by atoms with E-state index in [-0.39, 0.29) is 0 Å². The molecule has 18 heavy (non-hydrogen) atoms. The highest BCUT2D eigenvalue weighted by atomic mass is 32.1. The maximum atomic E-state index is 5.72. The minimum Gasteiger partial charge on any atom is -0.378 e. The minimum absolute atomic E-state index is 0.511. The summed E-state index contributed by atoms with van der Waals surface area (Å²) in [7, 11) is 0. The van der Waals surface area contributed by atoms with E-state index in [0.717, 1.165) is 19.6 Å². The Morgan fingerprint density at radius 1 is 1.44 bits per heavy atom. The summed E-state index contributed by atoms with van der Waals surface area (Å²) in [5, 5.41) is 3.62. The topological polar surface area (TPSA) is 21.3 Å². The number of aryl methyl sites for hydroxylation is 1. The van der Waals surface area contributed by atoms with Gasteiger partial charge < -0.3 is 10.1 Å². The van der Waals surface area contributed by atoms with Crippen LogP contribution in [0.4, 0.5) is 0 Å². The van der Waals surface area contributed by atoms with E-state index in [2.05, 4.69) is 31.3 Å². The summed E-state index contributed by atoms with van der Waals surface area (Å²) in [5.74, 6) is 0. The third-order valence-electron chi connectivity index (χ3n) is 3.63. The molecule has 0 aromatic carbocycles. The van der Waals surface area contributed by atoms with Crippen LogP contribution in [-0.2, 0) is 11.2 Å². The number of thiophene rings is 1. The fourth-order valence-corrected chi connectivity index (χ4v) is 3.65. The standard InChI is InChI=1S/C15H25NOS/c1-3-13-8-10-15(18-13)14(16-4-2)9-7-12-6-5-11-17-12/h8,10,12,14,16H,3-7,9,11H2,1-2H3. The predicted octanol–water partition coefficient (Wildman–Crippen LogP) is 3.92. The molecule has 1 aliphatic rings. The molecule has 1 aromatic heterocycles. The summed E-state index contributed by atoms with van der Waals surface area (Å²) >= 11 is 1.96. The van der Waals surface area contributed by atoms with Gasteiger partial charge in [0.15, 0.2) is 0 Å². The van der Waals surface area contributed by atoms with Crippen LogP contribution in [0.25, 0.3) is 0 Å². The summed E-state index contributed by atoms with van der Waals surface area (Å²) in [6.07, 6.45) is 6.55. The van der Waals surface area contributed by atoms with E-state index in [1.54, 1.807) is 0 Å². The van der Waals surface area contributed by atoms with Crippen molar-refractivity contribution in [3.63, 3.8) is 0 Å². The molecular weight excluding hydrogens is 242 g/mol. The van der Waals surface area contributed by atoms with Gasteiger partial charge in [0.25, 0.3) is 0 Å². The van der Waals surface area contributed by atoms with Crippen LogP contribution in [0.1, 0.15) is 55.3 Å². The smallest absolute Gasteiger partial charge is 0.0576 e. The van der Waals surface area contributed by atoms with Gasteiger partial charge in [-0.3, -0.25) is 0 Å². The van der Waals surface area contributed by atoms with E-state index in [0.29, 0.717) is 12.1 Å². The lowest BCUT2D eigenvalue weighted by atomic mass is 10.0. The third-order valence-corrected chi connectivity index (χ3v) is 4.97. The highest BCUT2D eigenvalue weighted by molar-refractivity contribution is 7.12. The predicted molar refractivity (Wildman–Crippen MR) is 78.3 cm³/mol. The Morgan fingerprint density at radius 2 is 2.33 bits per heavy atom. The molecule has 2 unspecified atom stereocenters. The van der Waals surface area contributed by atoms with Crippen molar-refractivity contribution in [2.45, 2.75) is 58.1 Å². The number of hydrogen-bond donors (Lipinski definition) is 1. The van der Waals surface area contributed by atoms with Crippen molar-refractivity contribution in [1.29, 1.82) is 0 Å². The minimum atomic E-state index is 0.511. The summed E-state index contributed by atoms with van der Waals surface area (Å²) < 4.78 is 5.72. The van der Waals surface area contributed by atoms with E-state index in [1.807, 2.05) is 11.3 Å². The van der Waals surface area contributed by atoms with Crippen molar-refractivity contribution in [2.24, 2.45) is 0 Å². The monoisotopic (exact) mass is 267 g/mol. The van der Waals surface area contributed by atoms with Gasteiger partial charge in [-0.1, -0.05) is 13.8 Å². The molecule has 0 spiro atoms. The number of nitrogens with one attached hydrogen (secondary N) is 1. The molecule has 0 radical (unpaired) electrons. The van der Waals surface area contributed by atoms with E-state index < -0.39 is 0 Å². The zero-order valence-electron chi connectivity index (χ0n) is 11.6. The summed E-state index contributed by atoms with van der Waals surface area (Å²) in [4.78, 5) is 2.98. The van der Waals surface area contributed by atoms with Gasteiger partial charge in [-0.2, -0.15) is 0 Å². The zero-order valence-corrected chi connectivity index (χ0v) is 12.4. The van der Waals surface area contributed by atoms with Crippen LogP contribution in [0.15, 0.2) is 12.1 Å². The molecule has 1 aliphatic heterocycles. The molecular formula is C15H25NOS. The van der Waals surface area contributed by atoms with Gasteiger partial charge in [0.05, 0.1) is 6.10 Å². The van der Waals surface area contributed by atoms with Gasteiger partial charge >= 0.3 is 0 Å². The van der Waals surface area contributed by atoms with E-state index >= 15 is 0 Å². The van der Waals surface area contributed by atoms with Crippen LogP contribution >= 0.6 is 11.3 Å². The molecule has 2 atom stereocenters. The fraction of sp³-hybridized carbons (Fsp3) is 0.733. The Labute approximate surface area is 115 Å². The second kappa shape index (κ2) is 7.27. The average molecular weight is 267 g/mol. The molecule has 0 saturated carbocycles. The number of rotatable bonds is 7. The van der Waals surface area contributed by atoms with Crippen molar-refractivity contribution < 1.29 is 4.74 Å². The van der Waals surface area contributed by atoms with Crippen molar-refractivity contribution in [2.75, 3.05) is 13.2 Å². The molecule has 0 aliphatic carbocycles. The van der Waals surface area contributed by atoms with Crippen LogP contribution in [-0.4, -0.2) is 19.3 Å². The van der Waals surface area contributed by atoms with Crippen LogP contribution in [0.3, 0.4) is 0 Å². The fourth-order valence-electron chi connectivity index (χ4n) is 2.59. The Morgan fingerprint density at radius 3 is 2.94 bits per heavy atom. The zero-order chi connectivity index (χ0) is 12.8. The molecule has 102 valence electrons. The molecule has 1 saturated heterocycles. The van der Waals surface area contributed by atoms with Crippen molar-refractivity contribution >= 4 is 11.3 Å². The molecule has 2 nitrogen and oxygen atoms in total. The lowest BCUT2D eigenvalue weighted by molar-refractivity contribution is 0.0997. The number of hydrogen-bond acceptors (Lipinski definition) is 3. The first-order valence-corrected chi connectivity index (χ1v) is 8.08. The first kappa shape index (κ1) is 14.0. The highest BCUT2D eigenvalue weighted by Gasteiger charge is 2.19. The van der Waals surface area contributed by atoms with Crippen LogP contribution in [0.5, 0.6) is 0 Å². The molecule has 0 amide bonds. The maximum absolute atomic E-state index is 5.72. The molecule has 1 N–H and O–H groups in total. The second-order valence-corrected chi connectivity index (χ2v) is 6.18. The SMILES string of the molecule is CCNC(CCC1CCCO1)c1ccc(CC)s1. The summed E-state index contributed by atoms with van der Waals surface area (Å²) in [6, 6.07) is 5.09. The molecule has 1 fully saturated rings. The summed E-state index contributed by atoms with van der Waals surface area (Å²) in [6.45, 7) is 6.42. The molecule has 2 rings (SSSR count). The number of ether oxygens (including phenoxy) is 1. The van der Waals surface area contributed by atoms with Crippen molar-refractivity contribution in [1.82, 2.24) is 5.32 Å². The molecule has 0 bridgehead atoms. The Kier molecular flexibility index (Phi) is 5.67. The highest BCUT2D eigenvalue weighted by Crippen LogP contribution is 2.29. The molecule has 2 heterocycles. The first-order valence-electron chi connectivity index (χ1n) is 7.27. The Balaban J connectivity index is 1.89. The van der Waals surface area contributed by atoms with Gasteiger partial charge in [0.1, 0.15) is 0 Å². The average Bonchev–Trinajstić information content (AvgIpc) is 3.05. The molecule has 3 heteroatoms. The lowest BCUT2D eigenvalue weighted by Crippen LogP contribution is -2.21. The van der Waals surface area contributed by atoms with Crippen LogP contribution in [0, 0.1) is 0 Å². The Bertz CT molecular complexity index is 344. The third kappa shape index (κ3) is 3.81. The van der Waals surface area contributed by atoms with E-state index in [9.17, 15) is 0 Å². The van der Waals surface area contributed by atoms with Gasteiger partial charge in [0, 0.05) is 22.4 Å². The van der Waals surface area contributed by atoms with Crippen LogP contribution < -0.4 is 5.32 Å². The van der Waals surface area contributed by atoms with Gasteiger partial charge in [-0.15, -0.1) is 11.3 Å².